The van der Waals surface area contributed by atoms with Crippen LogP contribution in [0.2, 0.25) is 0 Å². The van der Waals surface area contributed by atoms with Crippen LogP contribution < -0.4 is 5.32 Å². The van der Waals surface area contributed by atoms with E-state index in [0.717, 1.165) is 10.6 Å². The molecular formula is C13H14ClN3O2S. The highest BCUT2D eigenvalue weighted by Gasteiger charge is 2.36. The molecule has 1 unspecified atom stereocenters. The largest absolute Gasteiger partial charge is 0.390 e. The highest BCUT2D eigenvalue weighted by molar-refractivity contribution is 8.14. The van der Waals surface area contributed by atoms with Gasteiger partial charge in [0.05, 0.1) is 19.8 Å². The number of thioether (sulfide) groups is 1. The summed E-state index contributed by atoms with van der Waals surface area (Å²) in [6.45, 7) is 0.872. The topological polar surface area (TPSA) is 57.1 Å². The number of hydrogen-bond acceptors (Lipinski definition) is 6. The molecule has 0 saturated heterocycles. The molecule has 7 heteroatoms. The number of hydrazone groups is 1. The monoisotopic (exact) mass is 311 g/mol. The Morgan fingerprint density at radius 1 is 1.35 bits per heavy atom. The van der Waals surface area contributed by atoms with Gasteiger partial charge in [0.1, 0.15) is 15.9 Å². The van der Waals surface area contributed by atoms with Gasteiger partial charge in [-0.3, -0.25) is 0 Å². The minimum absolute atomic E-state index is 0.0695. The lowest BCUT2D eigenvalue weighted by molar-refractivity contribution is 0.158. The van der Waals surface area contributed by atoms with Crippen molar-refractivity contribution < 1.29 is 9.84 Å². The van der Waals surface area contributed by atoms with Crippen molar-refractivity contribution in [2.75, 3.05) is 13.2 Å². The number of fused-ring (bicyclic) bond motifs is 1. The van der Waals surface area contributed by atoms with Crippen LogP contribution in [0.5, 0.6) is 0 Å². The van der Waals surface area contributed by atoms with Crippen molar-refractivity contribution >= 4 is 28.4 Å². The lowest BCUT2D eigenvalue weighted by Gasteiger charge is -2.14. The van der Waals surface area contributed by atoms with Crippen LogP contribution in [0.15, 0.2) is 46.3 Å². The average molecular weight is 312 g/mol. The van der Waals surface area contributed by atoms with E-state index in [-0.39, 0.29) is 12.1 Å². The zero-order valence-electron chi connectivity index (χ0n) is 10.6. The van der Waals surface area contributed by atoms with Crippen LogP contribution in [0.1, 0.15) is 5.56 Å². The lowest BCUT2D eigenvalue weighted by atomic mass is 10.2. The van der Waals surface area contributed by atoms with Gasteiger partial charge >= 0.3 is 0 Å². The van der Waals surface area contributed by atoms with Gasteiger partial charge in [-0.2, -0.15) is 5.10 Å². The number of rotatable bonds is 5. The van der Waals surface area contributed by atoms with Crippen molar-refractivity contribution in [3.63, 3.8) is 0 Å². The molecule has 0 aliphatic carbocycles. The minimum atomic E-state index is -0.134. The quantitative estimate of drug-likeness (QED) is 0.813. The first-order valence-electron chi connectivity index (χ1n) is 6.19. The fourth-order valence-electron chi connectivity index (χ4n) is 1.99. The number of nitrogens with one attached hydrogen (secondary N) is 1. The molecular weight excluding hydrogens is 298 g/mol. The predicted molar refractivity (Wildman–Crippen MR) is 79.9 cm³/mol. The minimum Gasteiger partial charge on any atom is -0.390 e. The molecule has 0 amide bonds. The first-order chi connectivity index (χ1) is 9.78. The van der Waals surface area contributed by atoms with E-state index in [1.54, 1.807) is 16.8 Å². The predicted octanol–water partition coefficient (Wildman–Crippen LogP) is 1.85. The van der Waals surface area contributed by atoms with E-state index in [1.807, 2.05) is 30.3 Å². The molecule has 2 N–H and O–H groups in total. The van der Waals surface area contributed by atoms with Gasteiger partial charge in [-0.1, -0.05) is 53.7 Å². The van der Waals surface area contributed by atoms with E-state index in [9.17, 15) is 5.11 Å². The summed E-state index contributed by atoms with van der Waals surface area (Å²) < 4.78 is 5.65. The van der Waals surface area contributed by atoms with Crippen LogP contribution in [0.3, 0.4) is 0 Å². The second-order valence-electron chi connectivity index (χ2n) is 4.35. The number of ether oxygens (including phenoxy) is 1. The van der Waals surface area contributed by atoms with E-state index in [1.165, 1.54) is 0 Å². The Kier molecular flexibility index (Phi) is 4.16. The molecule has 0 bridgehead atoms. The zero-order valence-corrected chi connectivity index (χ0v) is 12.2. The Labute approximate surface area is 126 Å². The summed E-state index contributed by atoms with van der Waals surface area (Å²) in [5, 5.41) is 19.8. The Hall–Kier alpha value is -1.21. The Bertz CT molecular complexity index is 550. The van der Waals surface area contributed by atoms with E-state index in [2.05, 4.69) is 10.4 Å². The fourth-order valence-corrected chi connectivity index (χ4v) is 3.30. The molecule has 0 aromatic heterocycles. The van der Waals surface area contributed by atoms with Crippen molar-refractivity contribution in [3.8, 4) is 0 Å². The standard InChI is InChI=1S/C13H14ClN3O2S/c14-12-10(6-18)17-13(15-12)20-11(16-17)8-19-7-9-4-2-1-3-5-9/h1-5,13,15,18H,6-8H2. The van der Waals surface area contributed by atoms with Crippen LogP contribution in [-0.4, -0.2) is 33.9 Å². The number of aliphatic hydroxyl groups excluding tert-OH is 1. The van der Waals surface area contributed by atoms with Gasteiger partial charge in [0.25, 0.3) is 0 Å². The van der Waals surface area contributed by atoms with Gasteiger partial charge in [0, 0.05) is 0 Å². The summed E-state index contributed by atoms with van der Waals surface area (Å²) in [5.41, 5.74) is 1.66. The van der Waals surface area contributed by atoms with Crippen LogP contribution in [0.4, 0.5) is 0 Å². The van der Waals surface area contributed by atoms with Crippen LogP contribution in [-0.2, 0) is 11.3 Å². The van der Waals surface area contributed by atoms with Crippen molar-refractivity contribution in [2.24, 2.45) is 5.10 Å². The third kappa shape index (κ3) is 2.78. The molecule has 1 aromatic rings. The van der Waals surface area contributed by atoms with Crippen LogP contribution in [0.25, 0.3) is 0 Å². The molecule has 0 saturated carbocycles. The maximum Gasteiger partial charge on any atom is 0.175 e. The Balaban J connectivity index is 1.54. The normalized spacial score (nSPS) is 21.0. The maximum atomic E-state index is 9.26. The van der Waals surface area contributed by atoms with Crippen molar-refractivity contribution in [3.05, 3.63) is 46.7 Å². The van der Waals surface area contributed by atoms with Gasteiger partial charge in [0.2, 0.25) is 0 Å². The fraction of sp³-hybridized carbons (Fsp3) is 0.308. The van der Waals surface area contributed by atoms with E-state index in [0.29, 0.717) is 24.1 Å². The third-order valence-electron chi connectivity index (χ3n) is 2.96. The average Bonchev–Trinajstić information content (AvgIpc) is 2.96. The summed E-state index contributed by atoms with van der Waals surface area (Å²) >= 11 is 7.51. The molecule has 0 spiro atoms. The molecule has 106 valence electrons. The molecule has 2 aliphatic heterocycles. The number of hydrogen-bond donors (Lipinski definition) is 2. The number of benzene rings is 1. The van der Waals surface area contributed by atoms with Crippen molar-refractivity contribution in [2.45, 2.75) is 12.1 Å². The van der Waals surface area contributed by atoms with E-state index >= 15 is 0 Å². The second-order valence-corrected chi connectivity index (χ2v) is 5.88. The number of aliphatic hydroxyl groups is 1. The maximum absolute atomic E-state index is 9.26. The second kappa shape index (κ2) is 6.05. The molecule has 1 atom stereocenters. The highest BCUT2D eigenvalue weighted by atomic mass is 35.5. The number of halogens is 1. The van der Waals surface area contributed by atoms with Gasteiger partial charge in [-0.25, -0.2) is 5.01 Å². The summed E-state index contributed by atoms with van der Waals surface area (Å²) in [4.78, 5) is 0. The highest BCUT2D eigenvalue weighted by Crippen LogP contribution is 2.35. The molecule has 0 fully saturated rings. The summed E-state index contributed by atoms with van der Waals surface area (Å²) in [6, 6.07) is 10.0. The summed E-state index contributed by atoms with van der Waals surface area (Å²) in [7, 11) is 0. The molecule has 2 aliphatic rings. The SMILES string of the molecule is OCC1=C(Cl)NC2SC(COCc3ccccc3)=NN12. The van der Waals surface area contributed by atoms with Gasteiger partial charge in [-0.15, -0.1) is 0 Å². The van der Waals surface area contributed by atoms with Gasteiger partial charge < -0.3 is 15.2 Å². The Morgan fingerprint density at radius 2 is 2.15 bits per heavy atom. The van der Waals surface area contributed by atoms with Crippen LogP contribution in [0, 0.1) is 0 Å². The number of nitrogens with zero attached hydrogens (tertiary/aromatic N) is 2. The van der Waals surface area contributed by atoms with E-state index < -0.39 is 0 Å². The lowest BCUT2D eigenvalue weighted by Crippen LogP contribution is -2.27. The summed E-state index contributed by atoms with van der Waals surface area (Å²) in [5.74, 6) is 0. The molecule has 2 heterocycles. The van der Waals surface area contributed by atoms with Crippen molar-refractivity contribution in [1.82, 2.24) is 10.3 Å². The van der Waals surface area contributed by atoms with Crippen LogP contribution >= 0.6 is 23.4 Å². The molecule has 1 aromatic carbocycles. The van der Waals surface area contributed by atoms with Crippen molar-refractivity contribution in [1.29, 1.82) is 0 Å². The third-order valence-corrected chi connectivity index (χ3v) is 4.30. The Morgan fingerprint density at radius 3 is 2.90 bits per heavy atom. The van der Waals surface area contributed by atoms with E-state index in [4.69, 9.17) is 16.3 Å². The molecule has 20 heavy (non-hydrogen) atoms. The first-order valence-corrected chi connectivity index (χ1v) is 7.45. The zero-order chi connectivity index (χ0) is 13.9. The first kappa shape index (κ1) is 13.8. The smallest absolute Gasteiger partial charge is 0.175 e. The molecule has 3 rings (SSSR count). The van der Waals surface area contributed by atoms with Gasteiger partial charge in [0.15, 0.2) is 5.50 Å². The van der Waals surface area contributed by atoms with Gasteiger partial charge in [-0.05, 0) is 5.56 Å². The molecule has 5 nitrogen and oxygen atoms in total. The molecule has 0 radical (unpaired) electrons. The summed E-state index contributed by atoms with van der Waals surface area (Å²) in [6.07, 6.45) is 0.